The predicted molar refractivity (Wildman–Crippen MR) is 92.0 cm³/mol. The molecule has 0 atom stereocenters. The first kappa shape index (κ1) is 16.2. The summed E-state index contributed by atoms with van der Waals surface area (Å²) in [7, 11) is 4.74. The summed E-state index contributed by atoms with van der Waals surface area (Å²) in [5.41, 5.74) is 2.49. The van der Waals surface area contributed by atoms with Crippen molar-refractivity contribution in [3.8, 4) is 39.7 Å². The first-order valence-electron chi connectivity index (χ1n) is 7.19. The van der Waals surface area contributed by atoms with Crippen LogP contribution in [0, 0.1) is 0 Å². The highest BCUT2D eigenvalue weighted by Gasteiger charge is 2.20. The summed E-state index contributed by atoms with van der Waals surface area (Å²) < 4.78 is 21.7. The molecular formula is C18H16ClNO4. The first-order chi connectivity index (χ1) is 11.7. The van der Waals surface area contributed by atoms with E-state index >= 15 is 0 Å². The summed E-state index contributed by atoms with van der Waals surface area (Å²) in [4.78, 5) is 0. The van der Waals surface area contributed by atoms with Crippen molar-refractivity contribution < 1.29 is 18.7 Å². The summed E-state index contributed by atoms with van der Waals surface area (Å²) >= 11 is 5.96. The van der Waals surface area contributed by atoms with Crippen LogP contribution in [0.3, 0.4) is 0 Å². The highest BCUT2D eigenvalue weighted by atomic mass is 35.5. The summed E-state index contributed by atoms with van der Waals surface area (Å²) in [5.74, 6) is 2.33. The van der Waals surface area contributed by atoms with Gasteiger partial charge in [-0.25, -0.2) is 0 Å². The summed E-state index contributed by atoms with van der Waals surface area (Å²) in [5, 5.41) is 4.60. The van der Waals surface area contributed by atoms with E-state index in [0.29, 0.717) is 28.0 Å². The molecule has 0 N–H and O–H groups in total. The van der Waals surface area contributed by atoms with E-state index in [1.54, 1.807) is 39.7 Å². The van der Waals surface area contributed by atoms with Gasteiger partial charge in [0.2, 0.25) is 0 Å². The smallest absolute Gasteiger partial charge is 0.178 e. The molecule has 1 aromatic heterocycles. The third-order valence-electron chi connectivity index (χ3n) is 3.68. The molecule has 2 aromatic carbocycles. The van der Waals surface area contributed by atoms with E-state index in [9.17, 15) is 0 Å². The highest BCUT2D eigenvalue weighted by Crippen LogP contribution is 2.43. The summed E-state index contributed by atoms with van der Waals surface area (Å²) in [6, 6.07) is 11.0. The number of hydrogen-bond donors (Lipinski definition) is 0. The molecule has 0 aliphatic carbocycles. The largest absolute Gasteiger partial charge is 0.496 e. The van der Waals surface area contributed by atoms with Crippen LogP contribution in [0.1, 0.15) is 0 Å². The monoisotopic (exact) mass is 345 g/mol. The Balaban J connectivity index is 2.16. The van der Waals surface area contributed by atoms with E-state index in [1.165, 1.54) is 0 Å². The van der Waals surface area contributed by atoms with E-state index in [2.05, 4.69) is 5.16 Å². The Morgan fingerprint density at radius 3 is 2.08 bits per heavy atom. The van der Waals surface area contributed by atoms with Gasteiger partial charge in [0.05, 0.1) is 33.1 Å². The lowest BCUT2D eigenvalue weighted by atomic mass is 10.0. The zero-order chi connectivity index (χ0) is 17.1. The standard InChI is InChI=1S/C18H16ClNO4/c1-21-15-9-17(23-3)16(22-2)8-13(15)18-14(10-20-24-18)11-4-6-12(19)7-5-11/h4-10H,1-3H3. The van der Waals surface area contributed by atoms with Crippen LogP contribution in [0.4, 0.5) is 0 Å². The molecule has 5 nitrogen and oxygen atoms in total. The maximum absolute atomic E-state index is 5.96. The molecule has 0 fully saturated rings. The number of benzene rings is 2. The minimum absolute atomic E-state index is 0.575. The van der Waals surface area contributed by atoms with Gasteiger partial charge in [-0.15, -0.1) is 0 Å². The van der Waals surface area contributed by atoms with Crippen LogP contribution in [0.25, 0.3) is 22.5 Å². The number of hydrogen-bond acceptors (Lipinski definition) is 5. The van der Waals surface area contributed by atoms with Crippen molar-refractivity contribution in [1.82, 2.24) is 5.16 Å². The zero-order valence-electron chi connectivity index (χ0n) is 13.5. The maximum atomic E-state index is 5.96. The molecule has 1 heterocycles. The molecule has 0 saturated heterocycles. The van der Waals surface area contributed by atoms with Gasteiger partial charge in [0.25, 0.3) is 0 Å². The minimum Gasteiger partial charge on any atom is -0.496 e. The molecule has 0 saturated carbocycles. The van der Waals surface area contributed by atoms with Crippen LogP contribution >= 0.6 is 11.6 Å². The Labute approximate surface area is 144 Å². The average molecular weight is 346 g/mol. The number of rotatable bonds is 5. The van der Waals surface area contributed by atoms with Crippen molar-refractivity contribution in [2.45, 2.75) is 0 Å². The summed E-state index contributed by atoms with van der Waals surface area (Å²) in [6.07, 6.45) is 1.66. The van der Waals surface area contributed by atoms with Crippen LogP contribution in [-0.2, 0) is 0 Å². The van der Waals surface area contributed by atoms with Crippen LogP contribution < -0.4 is 14.2 Å². The number of methoxy groups -OCH3 is 3. The topological polar surface area (TPSA) is 53.7 Å². The number of aromatic nitrogens is 1. The molecule has 0 bridgehead atoms. The number of nitrogens with zero attached hydrogens (tertiary/aromatic N) is 1. The fourth-order valence-corrected chi connectivity index (χ4v) is 2.60. The van der Waals surface area contributed by atoms with Crippen LogP contribution in [0.5, 0.6) is 17.2 Å². The van der Waals surface area contributed by atoms with Gasteiger partial charge < -0.3 is 18.7 Å². The van der Waals surface area contributed by atoms with Crippen molar-refractivity contribution in [3.05, 3.63) is 47.6 Å². The molecule has 0 spiro atoms. The van der Waals surface area contributed by atoms with Crippen molar-refractivity contribution in [2.24, 2.45) is 0 Å². The van der Waals surface area contributed by atoms with Gasteiger partial charge in [-0.1, -0.05) is 28.9 Å². The zero-order valence-corrected chi connectivity index (χ0v) is 14.3. The van der Waals surface area contributed by atoms with Gasteiger partial charge in [-0.3, -0.25) is 0 Å². The van der Waals surface area contributed by atoms with Crippen molar-refractivity contribution in [3.63, 3.8) is 0 Å². The fourth-order valence-electron chi connectivity index (χ4n) is 2.48. The van der Waals surface area contributed by atoms with Gasteiger partial charge >= 0.3 is 0 Å². The third kappa shape index (κ3) is 2.90. The molecule has 0 aliphatic heterocycles. The Morgan fingerprint density at radius 2 is 1.46 bits per heavy atom. The van der Waals surface area contributed by atoms with Gasteiger partial charge in [0.1, 0.15) is 5.75 Å². The van der Waals surface area contributed by atoms with E-state index in [-0.39, 0.29) is 0 Å². The van der Waals surface area contributed by atoms with Crippen LogP contribution in [0.2, 0.25) is 5.02 Å². The first-order valence-corrected chi connectivity index (χ1v) is 7.56. The molecule has 0 amide bonds. The van der Waals surface area contributed by atoms with Crippen LogP contribution in [-0.4, -0.2) is 26.5 Å². The second kappa shape index (κ2) is 6.84. The average Bonchev–Trinajstić information content (AvgIpc) is 3.10. The minimum atomic E-state index is 0.575. The predicted octanol–water partition coefficient (Wildman–Crippen LogP) is 4.69. The quantitative estimate of drug-likeness (QED) is 0.671. The molecule has 6 heteroatoms. The molecule has 24 heavy (non-hydrogen) atoms. The van der Waals surface area contributed by atoms with Gasteiger partial charge in [0, 0.05) is 16.7 Å². The van der Waals surface area contributed by atoms with Gasteiger partial charge in [-0.2, -0.15) is 0 Å². The van der Waals surface area contributed by atoms with Crippen molar-refractivity contribution in [1.29, 1.82) is 0 Å². The lowest BCUT2D eigenvalue weighted by molar-refractivity contribution is 0.348. The molecule has 3 rings (SSSR count). The van der Waals surface area contributed by atoms with E-state index in [1.807, 2.05) is 24.3 Å². The maximum Gasteiger partial charge on any atom is 0.178 e. The second-order valence-electron chi connectivity index (χ2n) is 4.98. The highest BCUT2D eigenvalue weighted by molar-refractivity contribution is 6.30. The number of halogens is 1. The fraction of sp³-hybridized carbons (Fsp3) is 0.167. The summed E-state index contributed by atoms with van der Waals surface area (Å²) in [6.45, 7) is 0. The SMILES string of the molecule is COc1cc(OC)c(-c2oncc2-c2ccc(Cl)cc2)cc1OC. The Morgan fingerprint density at radius 1 is 0.833 bits per heavy atom. The molecule has 0 radical (unpaired) electrons. The second-order valence-corrected chi connectivity index (χ2v) is 5.42. The van der Waals surface area contributed by atoms with E-state index in [0.717, 1.165) is 16.7 Å². The van der Waals surface area contributed by atoms with Crippen molar-refractivity contribution in [2.75, 3.05) is 21.3 Å². The van der Waals surface area contributed by atoms with E-state index < -0.39 is 0 Å². The van der Waals surface area contributed by atoms with Crippen molar-refractivity contribution >= 4 is 11.6 Å². The lowest BCUT2D eigenvalue weighted by Crippen LogP contribution is -1.95. The molecular weight excluding hydrogens is 330 g/mol. The molecule has 3 aromatic rings. The third-order valence-corrected chi connectivity index (χ3v) is 3.93. The number of ether oxygens (including phenoxy) is 3. The van der Waals surface area contributed by atoms with E-state index in [4.69, 9.17) is 30.3 Å². The molecule has 0 aliphatic rings. The lowest BCUT2D eigenvalue weighted by Gasteiger charge is -2.13. The molecule has 0 unspecified atom stereocenters. The van der Waals surface area contributed by atoms with Gasteiger partial charge in [-0.05, 0) is 23.8 Å². The van der Waals surface area contributed by atoms with Gasteiger partial charge in [0.15, 0.2) is 17.3 Å². The Bertz CT molecular complexity index is 843. The normalized spacial score (nSPS) is 10.5. The molecule has 124 valence electrons. The Kier molecular flexibility index (Phi) is 4.62. The Hall–Kier alpha value is -2.66. The van der Waals surface area contributed by atoms with Crippen LogP contribution in [0.15, 0.2) is 47.1 Å².